The smallest absolute Gasteiger partial charge is 0.344 e. The molecule has 0 saturated carbocycles. The Morgan fingerprint density at radius 2 is 2.00 bits per heavy atom. The van der Waals surface area contributed by atoms with Crippen molar-refractivity contribution < 1.29 is 23.5 Å². The molecule has 0 atom stereocenters. The van der Waals surface area contributed by atoms with Crippen molar-refractivity contribution in [1.82, 2.24) is 0 Å². The lowest BCUT2D eigenvalue weighted by molar-refractivity contribution is -0.150. The standard InChI is InChI=1S/C12H14FNO4/c1-7(2)18-11(15)6-17-12(16)8-3-9(13)5-10(14)4-8/h3-5,7H,6,14H2,1-2H3. The Kier molecular flexibility index (Phi) is 4.65. The molecule has 0 bridgehead atoms. The van der Waals surface area contributed by atoms with Gasteiger partial charge < -0.3 is 15.2 Å². The molecule has 0 radical (unpaired) electrons. The number of hydrogen-bond acceptors (Lipinski definition) is 5. The van der Waals surface area contributed by atoms with Gasteiger partial charge in [-0.1, -0.05) is 0 Å². The lowest BCUT2D eigenvalue weighted by Crippen LogP contribution is -2.19. The molecule has 2 N–H and O–H groups in total. The molecule has 0 fully saturated rings. The number of anilines is 1. The lowest BCUT2D eigenvalue weighted by atomic mass is 10.2. The van der Waals surface area contributed by atoms with Gasteiger partial charge in [-0.05, 0) is 32.0 Å². The third-order valence-corrected chi connectivity index (χ3v) is 1.84. The van der Waals surface area contributed by atoms with Crippen LogP contribution in [0.4, 0.5) is 10.1 Å². The first-order valence-corrected chi connectivity index (χ1v) is 5.31. The number of carbonyl (C=O) groups excluding carboxylic acids is 2. The summed E-state index contributed by atoms with van der Waals surface area (Å²) in [5.74, 6) is -2.14. The predicted molar refractivity (Wildman–Crippen MR) is 62.3 cm³/mol. The van der Waals surface area contributed by atoms with Crippen molar-refractivity contribution in [3.8, 4) is 0 Å². The molecule has 98 valence electrons. The first-order chi connectivity index (χ1) is 8.38. The number of benzene rings is 1. The number of nitrogens with two attached hydrogens (primary N) is 1. The van der Waals surface area contributed by atoms with Crippen LogP contribution in [0.5, 0.6) is 0 Å². The molecule has 0 aliphatic heterocycles. The van der Waals surface area contributed by atoms with Gasteiger partial charge in [-0.25, -0.2) is 14.0 Å². The van der Waals surface area contributed by atoms with Gasteiger partial charge in [0, 0.05) is 5.69 Å². The van der Waals surface area contributed by atoms with Crippen LogP contribution in [0.25, 0.3) is 0 Å². The molecule has 0 spiro atoms. The van der Waals surface area contributed by atoms with E-state index in [1.54, 1.807) is 13.8 Å². The van der Waals surface area contributed by atoms with Crippen LogP contribution in [0, 0.1) is 5.82 Å². The molecule has 1 aromatic rings. The summed E-state index contributed by atoms with van der Waals surface area (Å²) in [6, 6.07) is 3.31. The Balaban J connectivity index is 2.58. The third kappa shape index (κ3) is 4.40. The van der Waals surface area contributed by atoms with Crippen molar-refractivity contribution in [1.29, 1.82) is 0 Å². The van der Waals surface area contributed by atoms with E-state index in [2.05, 4.69) is 4.74 Å². The molecule has 5 nitrogen and oxygen atoms in total. The van der Waals surface area contributed by atoms with Crippen LogP contribution in [-0.2, 0) is 14.3 Å². The fourth-order valence-corrected chi connectivity index (χ4v) is 1.23. The number of nitrogen functional groups attached to an aromatic ring is 1. The zero-order valence-electron chi connectivity index (χ0n) is 10.1. The highest BCUT2D eigenvalue weighted by Crippen LogP contribution is 2.11. The second-order valence-electron chi connectivity index (χ2n) is 3.89. The largest absolute Gasteiger partial charge is 0.460 e. The number of hydrogen-bond donors (Lipinski definition) is 1. The number of rotatable bonds is 4. The highest BCUT2D eigenvalue weighted by atomic mass is 19.1. The van der Waals surface area contributed by atoms with Gasteiger partial charge in [0.15, 0.2) is 6.61 Å². The van der Waals surface area contributed by atoms with Gasteiger partial charge in [0.1, 0.15) is 5.82 Å². The van der Waals surface area contributed by atoms with E-state index < -0.39 is 24.4 Å². The van der Waals surface area contributed by atoms with Crippen LogP contribution in [0.3, 0.4) is 0 Å². The van der Waals surface area contributed by atoms with Crippen LogP contribution in [-0.4, -0.2) is 24.6 Å². The molecule has 6 heteroatoms. The lowest BCUT2D eigenvalue weighted by Gasteiger charge is -2.08. The van der Waals surface area contributed by atoms with E-state index in [9.17, 15) is 14.0 Å². The highest BCUT2D eigenvalue weighted by Gasteiger charge is 2.13. The maximum absolute atomic E-state index is 13.0. The summed E-state index contributed by atoms with van der Waals surface area (Å²) >= 11 is 0. The average Bonchev–Trinajstić information content (AvgIpc) is 2.23. The Morgan fingerprint density at radius 1 is 1.33 bits per heavy atom. The number of carbonyl (C=O) groups is 2. The van der Waals surface area contributed by atoms with Crippen molar-refractivity contribution in [3.05, 3.63) is 29.6 Å². The van der Waals surface area contributed by atoms with Gasteiger partial charge in [0.05, 0.1) is 11.7 Å². The Hall–Kier alpha value is -2.11. The van der Waals surface area contributed by atoms with Crippen LogP contribution in [0.2, 0.25) is 0 Å². The summed E-state index contributed by atoms with van der Waals surface area (Å²) in [6.45, 7) is 2.83. The fraction of sp³-hybridized carbons (Fsp3) is 0.333. The van der Waals surface area contributed by atoms with E-state index in [1.807, 2.05) is 0 Å². The van der Waals surface area contributed by atoms with Gasteiger partial charge in [-0.3, -0.25) is 0 Å². The molecule has 1 aromatic carbocycles. The van der Waals surface area contributed by atoms with E-state index in [-0.39, 0.29) is 17.4 Å². The second kappa shape index (κ2) is 6.00. The topological polar surface area (TPSA) is 78.6 Å². The maximum Gasteiger partial charge on any atom is 0.344 e. The van der Waals surface area contributed by atoms with Crippen molar-refractivity contribution >= 4 is 17.6 Å². The SMILES string of the molecule is CC(C)OC(=O)COC(=O)c1cc(N)cc(F)c1. The van der Waals surface area contributed by atoms with Gasteiger partial charge in [-0.2, -0.15) is 0 Å². The van der Waals surface area contributed by atoms with Crippen molar-refractivity contribution in [2.45, 2.75) is 20.0 Å². The minimum atomic E-state index is -0.832. The van der Waals surface area contributed by atoms with Crippen molar-refractivity contribution in [3.63, 3.8) is 0 Å². The zero-order valence-corrected chi connectivity index (χ0v) is 10.1. The van der Waals surface area contributed by atoms with E-state index in [1.165, 1.54) is 6.07 Å². The first-order valence-electron chi connectivity index (χ1n) is 5.31. The van der Waals surface area contributed by atoms with E-state index in [0.29, 0.717) is 0 Å². The summed E-state index contributed by atoms with van der Waals surface area (Å²) in [5, 5.41) is 0. The van der Waals surface area contributed by atoms with Crippen molar-refractivity contribution in [2.24, 2.45) is 0 Å². The van der Waals surface area contributed by atoms with Crippen LogP contribution in [0.15, 0.2) is 18.2 Å². The number of ether oxygens (including phenoxy) is 2. The predicted octanol–water partition coefficient (Wildman–Crippen LogP) is 1.52. The summed E-state index contributed by atoms with van der Waals surface area (Å²) < 4.78 is 22.4. The van der Waals surface area contributed by atoms with Crippen LogP contribution in [0.1, 0.15) is 24.2 Å². The molecule has 0 aliphatic rings. The molecule has 0 aliphatic carbocycles. The molecule has 0 amide bonds. The monoisotopic (exact) mass is 255 g/mol. The molecular weight excluding hydrogens is 241 g/mol. The Bertz CT molecular complexity index is 439. The highest BCUT2D eigenvalue weighted by molar-refractivity contribution is 5.91. The maximum atomic E-state index is 13.0. The number of halogens is 1. The van der Waals surface area contributed by atoms with Gasteiger partial charge in [0.25, 0.3) is 0 Å². The van der Waals surface area contributed by atoms with E-state index in [0.717, 1.165) is 12.1 Å². The van der Waals surface area contributed by atoms with Gasteiger partial charge in [0.2, 0.25) is 0 Å². The summed E-state index contributed by atoms with van der Waals surface area (Å²) in [4.78, 5) is 22.6. The molecule has 0 aromatic heterocycles. The molecule has 0 saturated heterocycles. The molecule has 0 heterocycles. The van der Waals surface area contributed by atoms with E-state index in [4.69, 9.17) is 10.5 Å². The fourth-order valence-electron chi connectivity index (χ4n) is 1.23. The summed E-state index contributed by atoms with van der Waals surface area (Å²) in [7, 11) is 0. The molecular formula is C12H14FNO4. The average molecular weight is 255 g/mol. The summed E-state index contributed by atoms with van der Waals surface area (Å²) in [6.07, 6.45) is -0.291. The summed E-state index contributed by atoms with van der Waals surface area (Å²) in [5.41, 5.74) is 5.43. The normalized spacial score (nSPS) is 10.2. The second-order valence-corrected chi connectivity index (χ2v) is 3.89. The van der Waals surface area contributed by atoms with Crippen molar-refractivity contribution in [2.75, 3.05) is 12.3 Å². The first kappa shape index (κ1) is 14.0. The van der Waals surface area contributed by atoms with Crippen LogP contribution < -0.4 is 5.73 Å². The quantitative estimate of drug-likeness (QED) is 0.651. The minimum absolute atomic E-state index is 0.0511. The van der Waals surface area contributed by atoms with Crippen LogP contribution >= 0.6 is 0 Å². The Labute approximate surface area is 104 Å². The minimum Gasteiger partial charge on any atom is -0.460 e. The zero-order chi connectivity index (χ0) is 13.7. The molecule has 1 rings (SSSR count). The van der Waals surface area contributed by atoms with Gasteiger partial charge >= 0.3 is 11.9 Å². The van der Waals surface area contributed by atoms with E-state index >= 15 is 0 Å². The van der Waals surface area contributed by atoms with Gasteiger partial charge in [-0.15, -0.1) is 0 Å². The molecule has 18 heavy (non-hydrogen) atoms. The Morgan fingerprint density at radius 3 is 2.56 bits per heavy atom. The molecule has 0 unspecified atom stereocenters. The third-order valence-electron chi connectivity index (χ3n) is 1.84. The number of esters is 2.